The SMILES string of the molecule is CC[C@H](C)[C@H](NC(=O)[C@H](CCN)CC(=O)C(N)Cc1ccc(-c2ccccc2)cc1)C(=O)C[C@@H](CCN)C(=O)N[C@H](Cc1ccccc1)C(=O)C[C@@H](CC(C)C)C(=O)N[C@@H](CCN)C(=O)C[C@@H](C(=O)N[C@@H](CC(C)C)C(=O)C[C@@H](CO)C(N)=O)C(C)C. The van der Waals surface area contributed by atoms with E-state index >= 15 is 0 Å². The van der Waals surface area contributed by atoms with Crippen molar-refractivity contribution in [3.63, 3.8) is 0 Å². The van der Waals surface area contributed by atoms with Crippen molar-refractivity contribution in [2.75, 3.05) is 26.2 Å². The first kappa shape index (κ1) is 74.4. The molecule has 0 saturated carbocycles. The van der Waals surface area contributed by atoms with E-state index < -0.39 is 131 Å². The van der Waals surface area contributed by atoms with E-state index in [0.717, 1.165) is 16.7 Å². The molecule has 0 radical (unpaired) electrons. The van der Waals surface area contributed by atoms with Gasteiger partial charge in [-0.3, -0.25) is 47.9 Å². The third kappa shape index (κ3) is 25.4. The van der Waals surface area contributed by atoms with Crippen molar-refractivity contribution >= 4 is 58.5 Å². The van der Waals surface area contributed by atoms with Crippen LogP contribution in [0.4, 0.5) is 0 Å². The molecule has 0 spiro atoms. The number of carbonyl (C=O) groups excluding carboxylic acids is 10. The number of nitrogens with one attached hydrogen (secondary N) is 4. The molecule has 5 amide bonds. The second-order valence-electron chi connectivity index (χ2n) is 24.7. The largest absolute Gasteiger partial charge is 0.396 e. The van der Waals surface area contributed by atoms with Crippen LogP contribution in [-0.2, 0) is 60.8 Å². The highest BCUT2D eigenvalue weighted by Crippen LogP contribution is 2.25. The summed E-state index contributed by atoms with van der Waals surface area (Å²) in [5.74, 6) is -11.4. The van der Waals surface area contributed by atoms with Gasteiger partial charge in [-0.15, -0.1) is 0 Å². The number of hydrogen-bond acceptors (Lipinski definition) is 15. The van der Waals surface area contributed by atoms with Crippen LogP contribution in [0.25, 0.3) is 11.1 Å². The van der Waals surface area contributed by atoms with Gasteiger partial charge in [0.25, 0.3) is 0 Å². The van der Waals surface area contributed by atoms with Gasteiger partial charge in [-0.2, -0.15) is 0 Å². The van der Waals surface area contributed by atoms with Crippen LogP contribution in [0.2, 0.25) is 0 Å². The fraction of sp³-hybridized carbons (Fsp3) is 0.582. The van der Waals surface area contributed by atoms with Gasteiger partial charge in [0, 0.05) is 55.8 Å². The standard InChI is InChI=1S/C67H101N9O11/c1-9-43(8)62(76-65(85)48(24-27-68)34-57(78)53(71)32-45-20-22-47(23-21-45)46-18-14-11-15-19-46)61(82)35-49(25-28-69)64(84)74-56(33-44-16-12-10-13-17-44)58(79)36-50(30-40(2)3)66(86)73-54(26-29-70)60(81)38-52(42(6)7)67(87)75-55(31-41(4)5)59(80)37-51(39-77)63(72)83/h10-23,40-43,48-56,62,77H,9,24-39,68-71H2,1-8H3,(H2,72,83)(H,73,86)(H,74,84)(H,75,87)(H,76,85)/t43-,48+,49+,50+,51-,52+,53?,54-,55-,56+,62-/m0/s1. The lowest BCUT2D eigenvalue weighted by Crippen LogP contribution is -2.51. The van der Waals surface area contributed by atoms with E-state index in [0.29, 0.717) is 12.0 Å². The van der Waals surface area contributed by atoms with E-state index in [9.17, 15) is 53.1 Å². The predicted octanol–water partition coefficient (Wildman–Crippen LogP) is 4.60. The maximum absolute atomic E-state index is 14.7. The third-order valence-electron chi connectivity index (χ3n) is 16.2. The fourth-order valence-corrected chi connectivity index (χ4v) is 10.7. The van der Waals surface area contributed by atoms with Crippen LogP contribution in [0.1, 0.15) is 137 Å². The zero-order valence-corrected chi connectivity index (χ0v) is 52.6. The van der Waals surface area contributed by atoms with Crippen molar-refractivity contribution in [3.05, 3.63) is 96.1 Å². The number of ketones is 5. The molecule has 0 aliphatic rings. The Morgan fingerprint density at radius 3 is 1.43 bits per heavy atom. The molecule has 0 fully saturated rings. The lowest BCUT2D eigenvalue weighted by Gasteiger charge is -2.28. The molecule has 3 rings (SSSR count). The van der Waals surface area contributed by atoms with Gasteiger partial charge in [0.2, 0.25) is 29.5 Å². The minimum Gasteiger partial charge on any atom is -0.396 e. The molecule has 87 heavy (non-hydrogen) atoms. The number of hydrogen-bond donors (Lipinski definition) is 10. The van der Waals surface area contributed by atoms with E-state index in [1.807, 2.05) is 89.2 Å². The normalized spacial score (nSPS) is 15.4. The van der Waals surface area contributed by atoms with Gasteiger partial charge in [0.15, 0.2) is 28.9 Å². The molecule has 20 heteroatoms. The molecule has 0 aromatic heterocycles. The molecule has 0 saturated heterocycles. The first-order chi connectivity index (χ1) is 41.3. The number of rotatable bonds is 43. The molecule has 11 atom stereocenters. The minimum atomic E-state index is -1.18. The van der Waals surface area contributed by atoms with E-state index in [-0.39, 0.29) is 114 Å². The number of aliphatic hydroxyl groups is 1. The Morgan fingerprint density at radius 1 is 0.460 bits per heavy atom. The summed E-state index contributed by atoms with van der Waals surface area (Å²) < 4.78 is 0. The van der Waals surface area contributed by atoms with Gasteiger partial charge in [-0.25, -0.2) is 0 Å². The van der Waals surface area contributed by atoms with Gasteiger partial charge in [-0.1, -0.05) is 147 Å². The maximum Gasteiger partial charge on any atom is 0.224 e. The molecular weight excluding hydrogens is 1110 g/mol. The molecule has 20 nitrogen and oxygen atoms in total. The van der Waals surface area contributed by atoms with Crippen LogP contribution < -0.4 is 49.9 Å². The van der Waals surface area contributed by atoms with Crippen LogP contribution in [0.15, 0.2) is 84.9 Å². The van der Waals surface area contributed by atoms with E-state index in [1.165, 1.54) is 0 Å². The van der Waals surface area contributed by atoms with E-state index in [2.05, 4.69) is 21.3 Å². The van der Waals surface area contributed by atoms with Crippen LogP contribution in [0.3, 0.4) is 0 Å². The van der Waals surface area contributed by atoms with Gasteiger partial charge in [0.1, 0.15) is 0 Å². The Balaban J connectivity index is 1.83. The molecule has 0 heterocycles. The average molecular weight is 1210 g/mol. The molecule has 3 aromatic carbocycles. The molecular formula is C67H101N9O11. The number of benzene rings is 3. The summed E-state index contributed by atoms with van der Waals surface area (Å²) >= 11 is 0. The highest BCUT2D eigenvalue weighted by atomic mass is 16.3. The number of amides is 5. The monoisotopic (exact) mass is 1210 g/mol. The number of primary amides is 1. The molecule has 0 aliphatic heterocycles. The number of Topliss-reactive ketones (excluding diaryl/α,β-unsaturated/α-hetero) is 5. The van der Waals surface area contributed by atoms with Crippen molar-refractivity contribution in [2.24, 2.45) is 81.9 Å². The van der Waals surface area contributed by atoms with E-state index in [1.54, 1.807) is 51.1 Å². The first-order valence-corrected chi connectivity index (χ1v) is 31.1. The molecule has 1 unspecified atom stereocenters. The Hall–Kier alpha value is -6.84. The smallest absolute Gasteiger partial charge is 0.224 e. The van der Waals surface area contributed by atoms with Crippen molar-refractivity contribution in [3.8, 4) is 11.1 Å². The van der Waals surface area contributed by atoms with Crippen LogP contribution in [-0.4, -0.2) is 120 Å². The number of nitrogens with two attached hydrogens (primary N) is 5. The van der Waals surface area contributed by atoms with Crippen LogP contribution >= 0.6 is 0 Å². The lowest BCUT2D eigenvalue weighted by molar-refractivity contribution is -0.137. The quantitative estimate of drug-likeness (QED) is 0.0370. The Bertz CT molecular complexity index is 2690. The summed E-state index contributed by atoms with van der Waals surface area (Å²) in [7, 11) is 0. The van der Waals surface area contributed by atoms with Crippen molar-refractivity contribution in [1.82, 2.24) is 21.3 Å². The summed E-state index contributed by atoms with van der Waals surface area (Å²) in [6.07, 6.45) is -0.187. The molecule has 0 aliphatic carbocycles. The van der Waals surface area contributed by atoms with Gasteiger partial charge in [0.05, 0.1) is 42.7 Å². The lowest BCUT2D eigenvalue weighted by atomic mass is 9.85. The van der Waals surface area contributed by atoms with Crippen LogP contribution in [0.5, 0.6) is 0 Å². The van der Waals surface area contributed by atoms with Crippen molar-refractivity contribution in [1.29, 1.82) is 0 Å². The van der Waals surface area contributed by atoms with Crippen molar-refractivity contribution in [2.45, 2.75) is 169 Å². The fourth-order valence-electron chi connectivity index (χ4n) is 10.7. The summed E-state index contributed by atoms with van der Waals surface area (Å²) in [6.45, 7) is 14.1. The molecule has 15 N–H and O–H groups in total. The minimum absolute atomic E-state index is 0.00554. The predicted molar refractivity (Wildman–Crippen MR) is 337 cm³/mol. The van der Waals surface area contributed by atoms with Gasteiger partial charge >= 0.3 is 0 Å². The average Bonchev–Trinajstić information content (AvgIpc) is 3.08. The number of aliphatic hydroxyl groups excluding tert-OH is 1. The Labute approximate surface area is 515 Å². The Morgan fingerprint density at radius 2 is 0.908 bits per heavy atom. The summed E-state index contributed by atoms with van der Waals surface area (Å²) in [6, 6.07) is 21.3. The second-order valence-corrected chi connectivity index (χ2v) is 24.7. The molecule has 0 bridgehead atoms. The first-order valence-electron chi connectivity index (χ1n) is 31.1. The molecule has 3 aromatic rings. The van der Waals surface area contributed by atoms with Crippen molar-refractivity contribution < 1.29 is 53.1 Å². The van der Waals surface area contributed by atoms with E-state index in [4.69, 9.17) is 28.7 Å². The highest BCUT2D eigenvalue weighted by Gasteiger charge is 2.38. The van der Waals surface area contributed by atoms with Gasteiger partial charge in [-0.05, 0) is 111 Å². The number of carbonyl (C=O) groups is 10. The summed E-state index contributed by atoms with van der Waals surface area (Å²) in [5, 5.41) is 21.1. The third-order valence-corrected chi connectivity index (χ3v) is 16.2. The topological polar surface area (TPSA) is 369 Å². The highest BCUT2D eigenvalue weighted by molar-refractivity contribution is 5.98. The van der Waals surface area contributed by atoms with Gasteiger partial charge < -0.3 is 55.0 Å². The Kier molecular flexibility index (Phi) is 32.9. The summed E-state index contributed by atoms with van der Waals surface area (Å²) in [4.78, 5) is 139. The zero-order chi connectivity index (χ0) is 64.9. The molecule has 480 valence electrons. The second kappa shape index (κ2) is 38.4. The van der Waals surface area contributed by atoms with Crippen LogP contribution in [0, 0.1) is 53.3 Å². The zero-order valence-electron chi connectivity index (χ0n) is 52.6. The maximum atomic E-state index is 14.7. The summed E-state index contributed by atoms with van der Waals surface area (Å²) in [5.41, 5.74) is 33.5.